The summed E-state index contributed by atoms with van der Waals surface area (Å²) in [7, 11) is 1.86. The molecule has 2 rings (SSSR count). The van der Waals surface area contributed by atoms with Gasteiger partial charge in [0.25, 0.3) is 5.91 Å². The summed E-state index contributed by atoms with van der Waals surface area (Å²) in [5, 5.41) is 0. The van der Waals surface area contributed by atoms with Gasteiger partial charge in [-0.1, -0.05) is 12.1 Å². The molecule has 88 valence electrons. The van der Waals surface area contributed by atoms with Crippen LogP contribution in [-0.2, 0) is 0 Å². The second-order valence-corrected chi connectivity index (χ2v) is 4.09. The molecule has 1 aromatic carbocycles. The van der Waals surface area contributed by atoms with E-state index in [2.05, 4.69) is 0 Å². The van der Waals surface area contributed by atoms with Crippen molar-refractivity contribution in [2.24, 2.45) is 0 Å². The van der Waals surface area contributed by atoms with Gasteiger partial charge in [0.05, 0.1) is 5.56 Å². The van der Waals surface area contributed by atoms with Crippen molar-refractivity contribution in [1.29, 1.82) is 0 Å². The highest BCUT2D eigenvalue weighted by Gasteiger charge is 2.26. The van der Waals surface area contributed by atoms with E-state index in [1.807, 2.05) is 24.1 Å². The fourth-order valence-electron chi connectivity index (χ4n) is 1.82. The first-order valence-electron chi connectivity index (χ1n) is 5.32. The molecule has 0 atom stereocenters. The van der Waals surface area contributed by atoms with Crippen LogP contribution >= 0.6 is 12.4 Å². The lowest BCUT2D eigenvalue weighted by Crippen LogP contribution is -2.41. The van der Waals surface area contributed by atoms with E-state index >= 15 is 0 Å². The number of nitrogens with two attached hydrogens (primary N) is 1. The van der Waals surface area contributed by atoms with Crippen molar-refractivity contribution in [3.05, 3.63) is 29.8 Å². The smallest absolute Gasteiger partial charge is 0.255 e. The quantitative estimate of drug-likeness (QED) is 0.807. The topological polar surface area (TPSA) is 46.3 Å². The summed E-state index contributed by atoms with van der Waals surface area (Å²) in [6.45, 7) is 0. The molecule has 1 amide bonds. The predicted octanol–water partition coefficient (Wildman–Crippen LogP) is 2.32. The van der Waals surface area contributed by atoms with Gasteiger partial charge in [-0.15, -0.1) is 12.4 Å². The van der Waals surface area contributed by atoms with Gasteiger partial charge in [0.15, 0.2) is 0 Å². The molecule has 1 aliphatic carbocycles. The standard InChI is InChI=1S/C12H16N2O.ClH/c1-14(9-5-4-6-9)12(15)10-7-2-3-8-11(10)13;/h2-3,7-9H,4-6,13H2,1H3;1H. The van der Waals surface area contributed by atoms with Crippen LogP contribution in [0.15, 0.2) is 24.3 Å². The van der Waals surface area contributed by atoms with Crippen LogP contribution in [0.3, 0.4) is 0 Å². The van der Waals surface area contributed by atoms with Crippen LogP contribution in [0.25, 0.3) is 0 Å². The average Bonchev–Trinajstić information content (AvgIpc) is 2.15. The lowest BCUT2D eigenvalue weighted by Gasteiger charge is -2.34. The molecule has 0 aromatic heterocycles. The first kappa shape index (κ1) is 12.8. The molecular formula is C12H17ClN2O. The summed E-state index contributed by atoms with van der Waals surface area (Å²) in [6.07, 6.45) is 3.47. The third kappa shape index (κ3) is 2.30. The van der Waals surface area contributed by atoms with E-state index in [0.717, 1.165) is 12.8 Å². The summed E-state index contributed by atoms with van der Waals surface area (Å²) in [6, 6.07) is 7.65. The second kappa shape index (κ2) is 5.21. The van der Waals surface area contributed by atoms with Crippen LogP contribution in [0.2, 0.25) is 0 Å². The Morgan fingerprint density at radius 3 is 2.50 bits per heavy atom. The number of para-hydroxylation sites is 1. The van der Waals surface area contributed by atoms with E-state index in [4.69, 9.17) is 5.73 Å². The van der Waals surface area contributed by atoms with E-state index in [0.29, 0.717) is 17.3 Å². The number of anilines is 1. The van der Waals surface area contributed by atoms with Crippen molar-refractivity contribution in [3.8, 4) is 0 Å². The molecule has 1 fully saturated rings. The Morgan fingerprint density at radius 2 is 2.00 bits per heavy atom. The van der Waals surface area contributed by atoms with Crippen LogP contribution in [0.4, 0.5) is 5.69 Å². The van der Waals surface area contributed by atoms with Gasteiger partial charge in [0.1, 0.15) is 0 Å². The first-order valence-corrected chi connectivity index (χ1v) is 5.32. The van der Waals surface area contributed by atoms with Crippen LogP contribution in [0, 0.1) is 0 Å². The normalized spacial score (nSPS) is 14.8. The fourth-order valence-corrected chi connectivity index (χ4v) is 1.82. The van der Waals surface area contributed by atoms with Crippen molar-refractivity contribution in [1.82, 2.24) is 4.90 Å². The van der Waals surface area contributed by atoms with Crippen LogP contribution < -0.4 is 5.73 Å². The van der Waals surface area contributed by atoms with Gasteiger partial charge in [0, 0.05) is 18.8 Å². The first-order chi connectivity index (χ1) is 7.20. The number of rotatable bonds is 2. The number of hydrogen-bond acceptors (Lipinski definition) is 2. The number of amides is 1. The van der Waals surface area contributed by atoms with Gasteiger partial charge in [-0.3, -0.25) is 4.79 Å². The third-order valence-electron chi connectivity index (χ3n) is 3.13. The number of nitrogens with zero attached hydrogens (tertiary/aromatic N) is 1. The van der Waals surface area contributed by atoms with E-state index in [1.165, 1.54) is 6.42 Å². The fraction of sp³-hybridized carbons (Fsp3) is 0.417. The zero-order valence-electron chi connectivity index (χ0n) is 9.35. The third-order valence-corrected chi connectivity index (χ3v) is 3.13. The lowest BCUT2D eigenvalue weighted by atomic mass is 9.91. The maximum atomic E-state index is 12.0. The number of halogens is 1. The zero-order chi connectivity index (χ0) is 10.8. The molecule has 16 heavy (non-hydrogen) atoms. The molecule has 0 unspecified atom stereocenters. The minimum Gasteiger partial charge on any atom is -0.398 e. The molecular weight excluding hydrogens is 224 g/mol. The summed E-state index contributed by atoms with van der Waals surface area (Å²) in [4.78, 5) is 13.9. The molecule has 2 N–H and O–H groups in total. The van der Waals surface area contributed by atoms with Crippen LogP contribution in [0.5, 0.6) is 0 Å². The van der Waals surface area contributed by atoms with Crippen molar-refractivity contribution in [2.75, 3.05) is 12.8 Å². The minimum absolute atomic E-state index is 0. The van der Waals surface area contributed by atoms with E-state index in [1.54, 1.807) is 12.1 Å². The molecule has 0 aliphatic heterocycles. The zero-order valence-corrected chi connectivity index (χ0v) is 10.2. The molecule has 3 nitrogen and oxygen atoms in total. The number of benzene rings is 1. The van der Waals surface area contributed by atoms with Crippen molar-refractivity contribution >= 4 is 24.0 Å². The Bertz CT molecular complexity index is 377. The molecule has 0 bridgehead atoms. The highest BCUT2D eigenvalue weighted by atomic mass is 35.5. The molecule has 4 heteroatoms. The van der Waals surface area contributed by atoms with Gasteiger partial charge in [-0.05, 0) is 31.4 Å². The average molecular weight is 241 g/mol. The SMILES string of the molecule is CN(C(=O)c1ccccc1N)C1CCC1.Cl. The highest BCUT2D eigenvalue weighted by molar-refractivity contribution is 5.99. The second-order valence-electron chi connectivity index (χ2n) is 4.09. The van der Waals surface area contributed by atoms with Gasteiger partial charge >= 0.3 is 0 Å². The highest BCUT2D eigenvalue weighted by Crippen LogP contribution is 2.25. The summed E-state index contributed by atoms with van der Waals surface area (Å²) >= 11 is 0. The number of hydrogen-bond donors (Lipinski definition) is 1. The van der Waals surface area contributed by atoms with Crippen LogP contribution in [0.1, 0.15) is 29.6 Å². The lowest BCUT2D eigenvalue weighted by molar-refractivity contribution is 0.0653. The molecule has 1 aliphatic rings. The number of carbonyl (C=O) groups excluding carboxylic acids is 1. The maximum Gasteiger partial charge on any atom is 0.255 e. The molecule has 0 radical (unpaired) electrons. The van der Waals surface area contributed by atoms with Gasteiger partial charge in [-0.2, -0.15) is 0 Å². The number of nitrogen functional groups attached to an aromatic ring is 1. The minimum atomic E-state index is 0. The van der Waals surface area contributed by atoms with Crippen molar-refractivity contribution < 1.29 is 4.79 Å². The summed E-state index contributed by atoms with van der Waals surface area (Å²) in [5.41, 5.74) is 6.95. The van der Waals surface area contributed by atoms with Gasteiger partial charge in [0.2, 0.25) is 0 Å². The summed E-state index contributed by atoms with van der Waals surface area (Å²) < 4.78 is 0. The van der Waals surface area contributed by atoms with Crippen molar-refractivity contribution in [2.45, 2.75) is 25.3 Å². The Morgan fingerprint density at radius 1 is 1.38 bits per heavy atom. The largest absolute Gasteiger partial charge is 0.398 e. The molecule has 0 heterocycles. The Labute approximate surface area is 102 Å². The predicted molar refractivity (Wildman–Crippen MR) is 67.8 cm³/mol. The molecule has 0 spiro atoms. The molecule has 0 saturated heterocycles. The molecule has 1 saturated carbocycles. The number of carbonyl (C=O) groups is 1. The van der Waals surface area contributed by atoms with Crippen LogP contribution in [-0.4, -0.2) is 23.9 Å². The van der Waals surface area contributed by atoms with E-state index in [-0.39, 0.29) is 18.3 Å². The van der Waals surface area contributed by atoms with Gasteiger partial charge in [-0.25, -0.2) is 0 Å². The Balaban J connectivity index is 0.00000128. The maximum absolute atomic E-state index is 12.0. The van der Waals surface area contributed by atoms with Crippen molar-refractivity contribution in [3.63, 3.8) is 0 Å². The monoisotopic (exact) mass is 240 g/mol. The molecule has 1 aromatic rings. The Kier molecular flexibility index (Phi) is 4.19. The summed E-state index contributed by atoms with van der Waals surface area (Å²) in [5.74, 6) is 0.0396. The van der Waals surface area contributed by atoms with E-state index < -0.39 is 0 Å². The van der Waals surface area contributed by atoms with E-state index in [9.17, 15) is 4.79 Å². The Hall–Kier alpha value is -1.22. The van der Waals surface area contributed by atoms with Gasteiger partial charge < -0.3 is 10.6 Å².